The fraction of sp³-hybridized carbons (Fsp3) is 0.462. The van der Waals surface area contributed by atoms with E-state index >= 15 is 0 Å². The van der Waals surface area contributed by atoms with Crippen LogP contribution in [0.2, 0.25) is 0 Å². The van der Waals surface area contributed by atoms with Crippen LogP contribution in [0.25, 0.3) is 0 Å². The first kappa shape index (κ1) is 10.4. The van der Waals surface area contributed by atoms with Crippen molar-refractivity contribution >= 4 is 5.78 Å². The van der Waals surface area contributed by atoms with Crippen LogP contribution in [0, 0.1) is 6.92 Å². The summed E-state index contributed by atoms with van der Waals surface area (Å²) in [4.78, 5) is 11.9. The summed E-state index contributed by atoms with van der Waals surface area (Å²) in [7, 11) is 0. The molecule has 0 radical (unpaired) electrons. The van der Waals surface area contributed by atoms with E-state index < -0.39 is 0 Å². The van der Waals surface area contributed by atoms with Gasteiger partial charge < -0.3 is 5.32 Å². The highest BCUT2D eigenvalue weighted by Gasteiger charge is 2.21. The lowest BCUT2D eigenvalue weighted by Gasteiger charge is -2.08. The summed E-state index contributed by atoms with van der Waals surface area (Å²) in [6.07, 6.45) is 2.70. The molecule has 0 aromatic heterocycles. The van der Waals surface area contributed by atoms with Crippen LogP contribution < -0.4 is 5.32 Å². The molecule has 1 N–H and O–H groups in total. The van der Waals surface area contributed by atoms with Gasteiger partial charge in [-0.25, -0.2) is 0 Å². The van der Waals surface area contributed by atoms with Crippen LogP contribution in [0.4, 0.5) is 0 Å². The van der Waals surface area contributed by atoms with Gasteiger partial charge in [0.1, 0.15) is 0 Å². The molecule has 1 unspecified atom stereocenters. The first-order valence-electron chi connectivity index (χ1n) is 5.57. The number of Topliss-reactive ketones (excluding diaryl/α,β-unsaturated/α-hetero) is 1. The van der Waals surface area contributed by atoms with Gasteiger partial charge in [-0.1, -0.05) is 29.8 Å². The van der Waals surface area contributed by atoms with Crippen LogP contribution in [0.5, 0.6) is 0 Å². The number of hydrogen-bond donors (Lipinski definition) is 1. The SMILES string of the molecule is Cc1cccc(CC(=O)C2CCCN2)c1. The number of carbonyl (C=O) groups is 1. The molecule has 1 aliphatic heterocycles. The Morgan fingerprint density at radius 3 is 3.07 bits per heavy atom. The summed E-state index contributed by atoms with van der Waals surface area (Å²) < 4.78 is 0. The minimum atomic E-state index is 0.102. The quantitative estimate of drug-likeness (QED) is 0.812. The Kier molecular flexibility index (Phi) is 3.17. The van der Waals surface area contributed by atoms with E-state index in [2.05, 4.69) is 24.4 Å². The summed E-state index contributed by atoms with van der Waals surface area (Å²) in [5.74, 6) is 0.332. The molecule has 1 fully saturated rings. The molecular formula is C13H17NO. The number of benzene rings is 1. The number of aryl methyl sites for hydroxylation is 1. The number of carbonyl (C=O) groups excluding carboxylic acids is 1. The van der Waals surface area contributed by atoms with Crippen molar-refractivity contribution in [2.24, 2.45) is 0 Å². The smallest absolute Gasteiger partial charge is 0.154 e. The zero-order valence-electron chi connectivity index (χ0n) is 9.12. The highest BCUT2D eigenvalue weighted by molar-refractivity contribution is 5.86. The number of rotatable bonds is 3. The Morgan fingerprint density at radius 2 is 2.40 bits per heavy atom. The van der Waals surface area contributed by atoms with Gasteiger partial charge in [-0.05, 0) is 31.9 Å². The summed E-state index contributed by atoms with van der Waals surface area (Å²) in [5.41, 5.74) is 2.35. The Labute approximate surface area is 90.7 Å². The second-order valence-electron chi connectivity index (χ2n) is 4.28. The zero-order chi connectivity index (χ0) is 10.7. The second kappa shape index (κ2) is 4.58. The summed E-state index contributed by atoms with van der Waals surface area (Å²) in [6, 6.07) is 8.29. The van der Waals surface area contributed by atoms with Gasteiger partial charge in [0.2, 0.25) is 0 Å². The monoisotopic (exact) mass is 203 g/mol. The Bertz CT molecular complexity index is 353. The third-order valence-electron chi connectivity index (χ3n) is 2.91. The summed E-state index contributed by atoms with van der Waals surface area (Å²) in [6.45, 7) is 3.05. The Morgan fingerprint density at radius 1 is 1.53 bits per heavy atom. The maximum absolute atomic E-state index is 11.9. The molecule has 2 rings (SSSR count). The van der Waals surface area contributed by atoms with Crippen LogP contribution >= 0.6 is 0 Å². The van der Waals surface area contributed by atoms with E-state index in [1.54, 1.807) is 0 Å². The molecule has 2 heteroatoms. The molecule has 0 bridgehead atoms. The van der Waals surface area contributed by atoms with Crippen molar-refractivity contribution in [2.75, 3.05) is 6.54 Å². The van der Waals surface area contributed by atoms with E-state index in [4.69, 9.17) is 0 Å². The van der Waals surface area contributed by atoms with E-state index in [9.17, 15) is 4.79 Å². The third kappa shape index (κ3) is 2.66. The molecule has 0 saturated carbocycles. The molecule has 0 spiro atoms. The minimum absolute atomic E-state index is 0.102. The number of ketones is 1. The Hall–Kier alpha value is -1.15. The molecule has 1 atom stereocenters. The predicted molar refractivity (Wildman–Crippen MR) is 60.9 cm³/mol. The lowest BCUT2D eigenvalue weighted by Crippen LogP contribution is -2.31. The van der Waals surface area contributed by atoms with Crippen LogP contribution in [0.1, 0.15) is 24.0 Å². The lowest BCUT2D eigenvalue weighted by molar-refractivity contribution is -0.120. The number of nitrogens with one attached hydrogen (secondary N) is 1. The van der Waals surface area contributed by atoms with Crippen molar-refractivity contribution in [2.45, 2.75) is 32.2 Å². The molecule has 0 amide bonds. The number of hydrogen-bond acceptors (Lipinski definition) is 2. The molecule has 1 aliphatic rings. The first-order chi connectivity index (χ1) is 7.25. The van der Waals surface area contributed by atoms with Crippen molar-refractivity contribution in [3.8, 4) is 0 Å². The van der Waals surface area contributed by atoms with Crippen LogP contribution in [0.3, 0.4) is 0 Å². The highest BCUT2D eigenvalue weighted by atomic mass is 16.1. The van der Waals surface area contributed by atoms with Gasteiger partial charge in [0.05, 0.1) is 6.04 Å². The largest absolute Gasteiger partial charge is 0.307 e. The highest BCUT2D eigenvalue weighted by Crippen LogP contribution is 2.11. The van der Waals surface area contributed by atoms with Gasteiger partial charge in [-0.3, -0.25) is 4.79 Å². The topological polar surface area (TPSA) is 29.1 Å². The van der Waals surface area contributed by atoms with Gasteiger partial charge in [0.15, 0.2) is 5.78 Å². The molecule has 1 saturated heterocycles. The average molecular weight is 203 g/mol. The minimum Gasteiger partial charge on any atom is -0.307 e. The van der Waals surface area contributed by atoms with Crippen molar-refractivity contribution in [3.05, 3.63) is 35.4 Å². The molecule has 1 heterocycles. The molecule has 0 aliphatic carbocycles. The van der Waals surface area contributed by atoms with Crippen LogP contribution in [-0.2, 0) is 11.2 Å². The maximum atomic E-state index is 11.9. The molecule has 2 nitrogen and oxygen atoms in total. The fourth-order valence-electron chi connectivity index (χ4n) is 2.11. The molecule has 80 valence electrons. The normalized spacial score (nSPS) is 20.5. The predicted octanol–water partition coefficient (Wildman–Crippen LogP) is 1.86. The van der Waals surface area contributed by atoms with Crippen LogP contribution in [-0.4, -0.2) is 18.4 Å². The second-order valence-corrected chi connectivity index (χ2v) is 4.28. The standard InChI is InChI=1S/C13H17NO/c1-10-4-2-5-11(8-10)9-13(15)12-6-3-7-14-12/h2,4-5,8,12,14H,3,6-7,9H2,1H3. The third-order valence-corrected chi connectivity index (χ3v) is 2.91. The first-order valence-corrected chi connectivity index (χ1v) is 5.57. The van der Waals surface area contributed by atoms with E-state index in [1.165, 1.54) is 5.56 Å². The van der Waals surface area contributed by atoms with Gasteiger partial charge in [0, 0.05) is 6.42 Å². The van der Waals surface area contributed by atoms with Gasteiger partial charge in [-0.15, -0.1) is 0 Å². The van der Waals surface area contributed by atoms with Gasteiger partial charge in [-0.2, -0.15) is 0 Å². The van der Waals surface area contributed by atoms with E-state index in [0.717, 1.165) is 24.9 Å². The molecule has 1 aromatic rings. The average Bonchev–Trinajstić information content (AvgIpc) is 2.70. The van der Waals surface area contributed by atoms with Crippen LogP contribution in [0.15, 0.2) is 24.3 Å². The molecule has 15 heavy (non-hydrogen) atoms. The fourth-order valence-corrected chi connectivity index (χ4v) is 2.11. The summed E-state index contributed by atoms with van der Waals surface area (Å²) >= 11 is 0. The lowest BCUT2D eigenvalue weighted by atomic mass is 10.0. The van der Waals surface area contributed by atoms with Crippen molar-refractivity contribution in [3.63, 3.8) is 0 Å². The summed E-state index contributed by atoms with van der Waals surface area (Å²) in [5, 5.41) is 3.24. The maximum Gasteiger partial charge on any atom is 0.154 e. The van der Waals surface area contributed by atoms with Crippen molar-refractivity contribution < 1.29 is 4.79 Å². The molecular weight excluding hydrogens is 186 g/mol. The van der Waals surface area contributed by atoms with E-state index in [0.29, 0.717) is 12.2 Å². The zero-order valence-corrected chi connectivity index (χ0v) is 9.12. The molecule has 1 aromatic carbocycles. The van der Waals surface area contributed by atoms with Gasteiger partial charge in [0.25, 0.3) is 0 Å². The van der Waals surface area contributed by atoms with Crippen molar-refractivity contribution in [1.29, 1.82) is 0 Å². The van der Waals surface area contributed by atoms with Crippen molar-refractivity contribution in [1.82, 2.24) is 5.32 Å². The van der Waals surface area contributed by atoms with E-state index in [1.807, 2.05) is 12.1 Å². The van der Waals surface area contributed by atoms with E-state index in [-0.39, 0.29) is 6.04 Å². The van der Waals surface area contributed by atoms with Gasteiger partial charge >= 0.3 is 0 Å². The Balaban J connectivity index is 1.99.